The highest BCUT2D eigenvalue weighted by Crippen LogP contribution is 2.20. The van der Waals surface area contributed by atoms with Crippen molar-refractivity contribution in [1.29, 1.82) is 0 Å². The van der Waals surface area contributed by atoms with Gasteiger partial charge < -0.3 is 0 Å². The highest BCUT2D eigenvalue weighted by molar-refractivity contribution is 7.92. The largest absolute Gasteiger partial charge is 0.266 e. The molecule has 0 saturated carbocycles. The maximum absolute atomic E-state index is 12.6. The molecule has 1 aromatic carbocycles. The van der Waals surface area contributed by atoms with Crippen LogP contribution in [-0.2, 0) is 10.0 Å². The van der Waals surface area contributed by atoms with Gasteiger partial charge in [-0.1, -0.05) is 24.3 Å². The molecule has 7 heteroatoms. The van der Waals surface area contributed by atoms with Gasteiger partial charge in [0.05, 0.1) is 17.6 Å². The fraction of sp³-hybridized carbons (Fsp3) is 0.125. The summed E-state index contributed by atoms with van der Waals surface area (Å²) in [5.41, 5.74) is 2.08. The quantitative estimate of drug-likeness (QED) is 0.799. The molecule has 118 valence electrons. The van der Waals surface area contributed by atoms with E-state index in [0.717, 1.165) is 11.4 Å². The highest BCUT2D eigenvalue weighted by Gasteiger charge is 2.22. The monoisotopic (exact) mass is 328 g/mol. The Balaban J connectivity index is 1.97. The predicted octanol–water partition coefficient (Wildman–Crippen LogP) is 2.68. The summed E-state index contributed by atoms with van der Waals surface area (Å²) >= 11 is 0. The number of pyridine rings is 1. The average molecular weight is 328 g/mol. The third kappa shape index (κ3) is 3.09. The molecule has 23 heavy (non-hydrogen) atoms. The molecule has 0 radical (unpaired) electrons. The number of aromatic nitrogens is 3. The Kier molecular flexibility index (Phi) is 3.87. The molecular formula is C16H16N4O2S. The van der Waals surface area contributed by atoms with Gasteiger partial charge in [-0.25, -0.2) is 18.1 Å². The van der Waals surface area contributed by atoms with Crippen LogP contribution in [0.25, 0.3) is 5.69 Å². The van der Waals surface area contributed by atoms with Gasteiger partial charge in [0.2, 0.25) is 0 Å². The fourth-order valence-corrected chi connectivity index (χ4v) is 3.44. The number of nitrogens with zero attached hydrogens (tertiary/aromatic N) is 3. The second-order valence-corrected chi connectivity index (χ2v) is 6.76. The first kappa shape index (κ1) is 15.2. The maximum Gasteiger partial charge on any atom is 0.266 e. The topological polar surface area (TPSA) is 76.9 Å². The number of hydrogen-bond donors (Lipinski definition) is 1. The first-order chi connectivity index (χ1) is 11.0. The lowest BCUT2D eigenvalue weighted by Crippen LogP contribution is -2.15. The molecule has 3 rings (SSSR count). The highest BCUT2D eigenvalue weighted by atomic mass is 32.2. The minimum absolute atomic E-state index is 0.129. The van der Waals surface area contributed by atoms with Gasteiger partial charge in [-0.05, 0) is 38.1 Å². The summed E-state index contributed by atoms with van der Waals surface area (Å²) in [4.78, 5) is 4.29. The molecule has 3 aromatic rings. The molecule has 0 unspecified atom stereocenters. The van der Waals surface area contributed by atoms with Gasteiger partial charge in [-0.15, -0.1) is 0 Å². The standard InChI is InChI=1S/C16H16N4O2S/c1-12-7-6-10-16(18-12)19-23(21,22)15-11-17-20(13(15)2)14-8-4-3-5-9-14/h3-11H,1-2H3,(H,18,19). The molecule has 0 aliphatic carbocycles. The van der Waals surface area contributed by atoms with Crippen molar-refractivity contribution in [1.82, 2.24) is 14.8 Å². The van der Waals surface area contributed by atoms with E-state index in [9.17, 15) is 8.42 Å². The zero-order chi connectivity index (χ0) is 16.4. The van der Waals surface area contributed by atoms with E-state index in [1.54, 1.807) is 36.7 Å². The molecule has 2 heterocycles. The second kappa shape index (κ2) is 5.85. The first-order valence-electron chi connectivity index (χ1n) is 7.04. The van der Waals surface area contributed by atoms with Crippen molar-refractivity contribution in [3.05, 3.63) is 66.1 Å². The number of sulfonamides is 1. The van der Waals surface area contributed by atoms with E-state index in [4.69, 9.17) is 0 Å². The third-order valence-corrected chi connectivity index (χ3v) is 4.84. The summed E-state index contributed by atoms with van der Waals surface area (Å²) in [5.74, 6) is 0.289. The molecule has 2 aromatic heterocycles. The number of anilines is 1. The summed E-state index contributed by atoms with van der Waals surface area (Å²) < 4.78 is 29.2. The molecule has 6 nitrogen and oxygen atoms in total. The summed E-state index contributed by atoms with van der Waals surface area (Å²) in [6, 6.07) is 14.5. The third-order valence-electron chi connectivity index (χ3n) is 3.38. The van der Waals surface area contributed by atoms with Crippen LogP contribution in [0.2, 0.25) is 0 Å². The number of aryl methyl sites for hydroxylation is 1. The normalized spacial score (nSPS) is 11.4. The van der Waals surface area contributed by atoms with Gasteiger partial charge in [0.15, 0.2) is 0 Å². The molecule has 0 fully saturated rings. The van der Waals surface area contributed by atoms with Crippen LogP contribution >= 0.6 is 0 Å². The van der Waals surface area contributed by atoms with Gasteiger partial charge in [0.25, 0.3) is 10.0 Å². The van der Waals surface area contributed by atoms with Crippen LogP contribution in [0.5, 0.6) is 0 Å². The van der Waals surface area contributed by atoms with Crippen LogP contribution in [0, 0.1) is 13.8 Å². The summed E-state index contributed by atoms with van der Waals surface area (Å²) in [7, 11) is -3.74. The van der Waals surface area contributed by atoms with Crippen LogP contribution in [0.4, 0.5) is 5.82 Å². The first-order valence-corrected chi connectivity index (χ1v) is 8.52. The van der Waals surface area contributed by atoms with E-state index in [-0.39, 0.29) is 10.7 Å². The van der Waals surface area contributed by atoms with Crippen molar-refractivity contribution < 1.29 is 8.42 Å². The SMILES string of the molecule is Cc1cccc(NS(=O)(=O)c2cnn(-c3ccccc3)c2C)n1. The number of hydrogen-bond acceptors (Lipinski definition) is 4. The Morgan fingerprint density at radius 3 is 2.43 bits per heavy atom. The summed E-state index contributed by atoms with van der Waals surface area (Å²) in [5, 5.41) is 4.19. The van der Waals surface area contributed by atoms with Crippen molar-refractivity contribution in [2.24, 2.45) is 0 Å². The molecule has 0 amide bonds. The van der Waals surface area contributed by atoms with Crippen LogP contribution in [0.15, 0.2) is 59.6 Å². The van der Waals surface area contributed by atoms with Gasteiger partial charge in [-0.2, -0.15) is 5.10 Å². The summed E-state index contributed by atoms with van der Waals surface area (Å²) in [6.45, 7) is 3.52. The fourth-order valence-electron chi connectivity index (χ4n) is 2.28. The molecule has 0 aliphatic heterocycles. The van der Waals surface area contributed by atoms with Gasteiger partial charge in [0, 0.05) is 5.69 Å². The van der Waals surface area contributed by atoms with Gasteiger partial charge in [-0.3, -0.25) is 4.72 Å². The number of nitrogens with one attached hydrogen (secondary N) is 1. The Bertz CT molecular complexity index is 934. The Labute approximate surface area is 134 Å². The molecule has 1 N–H and O–H groups in total. The zero-order valence-electron chi connectivity index (χ0n) is 12.8. The van der Waals surface area contributed by atoms with E-state index < -0.39 is 10.0 Å². The van der Waals surface area contributed by atoms with Crippen molar-refractivity contribution in [3.63, 3.8) is 0 Å². The van der Waals surface area contributed by atoms with E-state index >= 15 is 0 Å². The van der Waals surface area contributed by atoms with Crippen molar-refractivity contribution in [3.8, 4) is 5.69 Å². The van der Waals surface area contributed by atoms with E-state index in [0.29, 0.717) is 5.69 Å². The van der Waals surface area contributed by atoms with Crippen molar-refractivity contribution >= 4 is 15.8 Å². The number of rotatable bonds is 4. The predicted molar refractivity (Wildman–Crippen MR) is 88.1 cm³/mol. The number of benzene rings is 1. The lowest BCUT2D eigenvalue weighted by atomic mass is 10.3. The molecule has 0 bridgehead atoms. The lowest BCUT2D eigenvalue weighted by molar-refractivity contribution is 0.600. The Morgan fingerprint density at radius 1 is 1.00 bits per heavy atom. The van der Waals surface area contributed by atoms with Gasteiger partial charge in [0.1, 0.15) is 10.7 Å². The van der Waals surface area contributed by atoms with E-state index in [1.165, 1.54) is 6.20 Å². The van der Waals surface area contributed by atoms with Crippen LogP contribution < -0.4 is 4.72 Å². The molecule has 0 saturated heterocycles. The minimum atomic E-state index is -3.74. The van der Waals surface area contributed by atoms with Crippen LogP contribution in [0.3, 0.4) is 0 Å². The minimum Gasteiger partial charge on any atom is -0.263 e. The molecule has 0 atom stereocenters. The van der Waals surface area contributed by atoms with E-state index in [1.807, 2.05) is 30.3 Å². The summed E-state index contributed by atoms with van der Waals surface area (Å²) in [6.07, 6.45) is 1.35. The molecule has 0 spiro atoms. The molecule has 0 aliphatic rings. The van der Waals surface area contributed by atoms with Crippen molar-refractivity contribution in [2.45, 2.75) is 18.7 Å². The second-order valence-electron chi connectivity index (χ2n) is 5.11. The van der Waals surface area contributed by atoms with Gasteiger partial charge >= 0.3 is 0 Å². The van der Waals surface area contributed by atoms with Crippen molar-refractivity contribution in [2.75, 3.05) is 4.72 Å². The molecular weight excluding hydrogens is 312 g/mol. The lowest BCUT2D eigenvalue weighted by Gasteiger charge is -2.08. The zero-order valence-corrected chi connectivity index (χ0v) is 13.6. The Hall–Kier alpha value is -2.67. The average Bonchev–Trinajstić information content (AvgIpc) is 2.90. The number of para-hydroxylation sites is 1. The van der Waals surface area contributed by atoms with Crippen LogP contribution in [-0.4, -0.2) is 23.2 Å². The smallest absolute Gasteiger partial charge is 0.263 e. The maximum atomic E-state index is 12.6. The van der Waals surface area contributed by atoms with Crippen LogP contribution in [0.1, 0.15) is 11.4 Å². The van der Waals surface area contributed by atoms with E-state index in [2.05, 4.69) is 14.8 Å². The Morgan fingerprint density at radius 2 is 1.74 bits per heavy atom.